The van der Waals surface area contributed by atoms with Gasteiger partial charge in [0, 0.05) is 10.4 Å². The number of fused-ring (bicyclic) bond motifs is 1. The first-order chi connectivity index (χ1) is 12.0. The molecule has 25 heavy (non-hydrogen) atoms. The Morgan fingerprint density at radius 1 is 1.04 bits per heavy atom. The fraction of sp³-hybridized carbons (Fsp3) is 0.545. The van der Waals surface area contributed by atoms with Crippen LogP contribution in [-0.2, 0) is 6.42 Å². The van der Waals surface area contributed by atoms with Crippen LogP contribution in [0.4, 0.5) is 0 Å². The van der Waals surface area contributed by atoms with Gasteiger partial charge in [0.25, 0.3) is 0 Å². The number of aryl methyl sites for hydroxylation is 1. The molecular weight excluding hydrogens is 376 g/mol. The first-order valence-electron chi connectivity index (χ1n) is 9.54. The van der Waals surface area contributed by atoms with Gasteiger partial charge in [0.1, 0.15) is 11.5 Å². The summed E-state index contributed by atoms with van der Waals surface area (Å²) in [6.07, 6.45) is 5.87. The average Bonchev–Trinajstić information content (AvgIpc) is 2.60. The van der Waals surface area contributed by atoms with E-state index in [2.05, 4.69) is 74.0 Å². The lowest BCUT2D eigenvalue weighted by Gasteiger charge is -2.15. The topological polar surface area (TPSA) is 18.5 Å². The number of hydrogen-bond acceptors (Lipinski definition) is 2. The lowest BCUT2D eigenvalue weighted by atomic mass is 10.0. The first kappa shape index (κ1) is 20.1. The lowest BCUT2D eigenvalue weighted by Crippen LogP contribution is -2.05. The van der Waals surface area contributed by atoms with Crippen molar-refractivity contribution in [3.05, 3.63) is 35.9 Å². The average molecular weight is 407 g/mol. The molecule has 1 atom stereocenters. The highest BCUT2D eigenvalue weighted by Crippen LogP contribution is 2.31. The predicted molar refractivity (Wildman–Crippen MR) is 111 cm³/mol. The Morgan fingerprint density at radius 3 is 2.52 bits per heavy atom. The van der Waals surface area contributed by atoms with E-state index in [0.717, 1.165) is 30.9 Å². The van der Waals surface area contributed by atoms with Gasteiger partial charge in [-0.1, -0.05) is 41.9 Å². The highest BCUT2D eigenvalue weighted by molar-refractivity contribution is 9.09. The van der Waals surface area contributed by atoms with Gasteiger partial charge in [-0.25, -0.2) is 0 Å². The zero-order valence-electron chi connectivity index (χ0n) is 16.0. The molecule has 2 nitrogen and oxygen atoms in total. The number of rotatable bonds is 10. The molecule has 0 aromatic heterocycles. The minimum Gasteiger partial charge on any atom is -0.493 e. The summed E-state index contributed by atoms with van der Waals surface area (Å²) in [7, 11) is 0. The maximum atomic E-state index is 6.10. The molecule has 1 unspecified atom stereocenters. The van der Waals surface area contributed by atoms with E-state index in [-0.39, 0.29) is 6.10 Å². The second kappa shape index (κ2) is 10.1. The molecule has 0 aliphatic rings. The molecule has 0 bridgehead atoms. The van der Waals surface area contributed by atoms with Crippen molar-refractivity contribution in [1.82, 2.24) is 0 Å². The van der Waals surface area contributed by atoms with Gasteiger partial charge >= 0.3 is 0 Å². The van der Waals surface area contributed by atoms with Gasteiger partial charge < -0.3 is 9.47 Å². The number of unbranched alkanes of at least 4 members (excludes halogenated alkanes) is 1. The number of benzene rings is 2. The smallest absolute Gasteiger partial charge is 0.123 e. The SMILES string of the molecule is CCc1c(OCCCCC(Br)CC)ccc2cc(OC(C)C)ccc12. The van der Waals surface area contributed by atoms with Crippen molar-refractivity contribution >= 4 is 26.7 Å². The Balaban J connectivity index is 2.05. The summed E-state index contributed by atoms with van der Waals surface area (Å²) < 4.78 is 11.9. The van der Waals surface area contributed by atoms with Crippen LogP contribution in [0.3, 0.4) is 0 Å². The third kappa shape index (κ3) is 5.91. The fourth-order valence-corrected chi connectivity index (χ4v) is 3.38. The Bertz CT molecular complexity index is 666. The van der Waals surface area contributed by atoms with Crippen molar-refractivity contribution < 1.29 is 9.47 Å². The third-order valence-electron chi connectivity index (χ3n) is 4.40. The standard InChI is InChI=1S/C22H31BrO2/c1-5-18(23)9-7-8-14-24-22-13-10-17-15-19(25-16(3)4)11-12-21(17)20(22)6-2/h10-13,15-16,18H,5-9,14H2,1-4H3. The minimum atomic E-state index is 0.192. The monoisotopic (exact) mass is 406 g/mol. The largest absolute Gasteiger partial charge is 0.493 e. The molecule has 2 rings (SSSR count). The van der Waals surface area contributed by atoms with Gasteiger partial charge in [-0.05, 0) is 74.9 Å². The third-order valence-corrected chi connectivity index (χ3v) is 5.50. The molecule has 0 aliphatic heterocycles. The van der Waals surface area contributed by atoms with Crippen molar-refractivity contribution in [1.29, 1.82) is 0 Å². The molecule has 0 N–H and O–H groups in total. The molecule has 0 heterocycles. The second-order valence-corrected chi connectivity index (χ2v) is 8.09. The number of alkyl halides is 1. The minimum absolute atomic E-state index is 0.192. The van der Waals surface area contributed by atoms with Crippen LogP contribution in [0.1, 0.15) is 58.9 Å². The van der Waals surface area contributed by atoms with Gasteiger partial charge in [-0.3, -0.25) is 0 Å². The van der Waals surface area contributed by atoms with Crippen LogP contribution >= 0.6 is 15.9 Å². The summed E-state index contributed by atoms with van der Waals surface area (Å²) in [6.45, 7) is 9.30. The van der Waals surface area contributed by atoms with Gasteiger partial charge in [0.2, 0.25) is 0 Å². The van der Waals surface area contributed by atoms with E-state index < -0.39 is 0 Å². The highest BCUT2D eigenvalue weighted by Gasteiger charge is 2.09. The van der Waals surface area contributed by atoms with Crippen molar-refractivity contribution in [2.24, 2.45) is 0 Å². The maximum Gasteiger partial charge on any atom is 0.123 e. The molecule has 0 radical (unpaired) electrons. The van der Waals surface area contributed by atoms with Crippen LogP contribution in [0.2, 0.25) is 0 Å². The van der Waals surface area contributed by atoms with Crippen LogP contribution in [-0.4, -0.2) is 17.5 Å². The van der Waals surface area contributed by atoms with Gasteiger partial charge in [0.05, 0.1) is 12.7 Å². The summed E-state index contributed by atoms with van der Waals surface area (Å²) in [5, 5.41) is 2.48. The lowest BCUT2D eigenvalue weighted by molar-refractivity contribution is 0.243. The molecule has 2 aromatic carbocycles. The zero-order valence-corrected chi connectivity index (χ0v) is 17.6. The first-order valence-corrected chi connectivity index (χ1v) is 10.5. The molecule has 138 valence electrons. The summed E-state index contributed by atoms with van der Waals surface area (Å²) in [5.74, 6) is 1.96. The normalized spacial score (nSPS) is 12.6. The summed E-state index contributed by atoms with van der Waals surface area (Å²) in [5.41, 5.74) is 1.29. The van der Waals surface area contributed by atoms with E-state index in [1.54, 1.807) is 0 Å². The Kier molecular flexibility index (Phi) is 8.08. The van der Waals surface area contributed by atoms with Crippen molar-refractivity contribution in [2.75, 3.05) is 6.61 Å². The summed E-state index contributed by atoms with van der Waals surface area (Å²) >= 11 is 3.69. The van der Waals surface area contributed by atoms with E-state index in [1.807, 2.05) is 0 Å². The van der Waals surface area contributed by atoms with Gasteiger partial charge in [-0.2, -0.15) is 0 Å². The molecule has 0 spiro atoms. The van der Waals surface area contributed by atoms with E-state index in [9.17, 15) is 0 Å². The number of halogens is 1. The van der Waals surface area contributed by atoms with Crippen LogP contribution in [0.5, 0.6) is 11.5 Å². The Morgan fingerprint density at radius 2 is 1.84 bits per heavy atom. The quantitative estimate of drug-likeness (QED) is 0.315. The zero-order chi connectivity index (χ0) is 18.2. The number of ether oxygens (including phenoxy) is 2. The molecular formula is C22H31BrO2. The van der Waals surface area contributed by atoms with Crippen LogP contribution < -0.4 is 9.47 Å². The molecule has 0 saturated carbocycles. The van der Waals surface area contributed by atoms with Crippen molar-refractivity contribution in [3.63, 3.8) is 0 Å². The summed E-state index contributed by atoms with van der Waals surface area (Å²) in [6, 6.07) is 10.6. The number of hydrogen-bond donors (Lipinski definition) is 0. The van der Waals surface area contributed by atoms with Crippen molar-refractivity contribution in [3.8, 4) is 11.5 Å². The molecule has 0 saturated heterocycles. The Labute approximate surface area is 161 Å². The van der Waals surface area contributed by atoms with Crippen molar-refractivity contribution in [2.45, 2.75) is 70.7 Å². The van der Waals surface area contributed by atoms with Gasteiger partial charge in [0.15, 0.2) is 0 Å². The van der Waals surface area contributed by atoms with E-state index in [0.29, 0.717) is 4.83 Å². The predicted octanol–water partition coefficient (Wildman–Crippen LogP) is 6.91. The van der Waals surface area contributed by atoms with Crippen LogP contribution in [0.15, 0.2) is 30.3 Å². The second-order valence-electron chi connectivity index (χ2n) is 6.80. The summed E-state index contributed by atoms with van der Waals surface area (Å²) in [4.78, 5) is 0.640. The molecule has 0 aliphatic carbocycles. The maximum absolute atomic E-state index is 6.10. The fourth-order valence-electron chi connectivity index (χ4n) is 3.05. The van der Waals surface area contributed by atoms with Gasteiger partial charge in [-0.15, -0.1) is 0 Å². The Hall–Kier alpha value is -1.22. The van der Waals surface area contributed by atoms with E-state index in [1.165, 1.54) is 35.6 Å². The highest BCUT2D eigenvalue weighted by atomic mass is 79.9. The van der Waals surface area contributed by atoms with Crippen LogP contribution in [0, 0.1) is 0 Å². The molecule has 0 fully saturated rings. The van der Waals surface area contributed by atoms with E-state index >= 15 is 0 Å². The van der Waals surface area contributed by atoms with E-state index in [4.69, 9.17) is 9.47 Å². The van der Waals surface area contributed by atoms with Crippen LogP contribution in [0.25, 0.3) is 10.8 Å². The molecule has 0 amide bonds. The molecule has 3 heteroatoms. The molecule has 2 aromatic rings.